The molecule has 5 rings (SSSR count). The van der Waals surface area contributed by atoms with E-state index < -0.39 is 50.9 Å². The SMILES string of the molecule is COC(=O)C(NP(=O)(OC[C@H]1O[C@@H](n2cc3c4c(ncnc42)N(C)N=C3N)[C@@H](O)C1O)Oc1ccccc1)C(C)C. The van der Waals surface area contributed by atoms with Crippen molar-refractivity contribution in [1.82, 2.24) is 19.6 Å². The monoisotopic (exact) mass is 589 g/mol. The minimum absolute atomic E-state index is 0.220. The van der Waals surface area contributed by atoms with Crippen LogP contribution in [0.2, 0.25) is 0 Å². The fraction of sp³-hybridized carbons (Fsp3) is 0.440. The van der Waals surface area contributed by atoms with E-state index in [0.717, 1.165) is 0 Å². The number of aliphatic hydroxyl groups excluding tert-OH is 2. The van der Waals surface area contributed by atoms with Gasteiger partial charge in [0.25, 0.3) is 0 Å². The molecule has 0 aliphatic carbocycles. The third-order valence-electron chi connectivity index (χ3n) is 6.84. The number of aliphatic hydroxyl groups is 2. The van der Waals surface area contributed by atoms with Crippen LogP contribution in [-0.2, 0) is 23.4 Å². The topological polar surface area (TPSA) is 196 Å². The van der Waals surface area contributed by atoms with Gasteiger partial charge in [0.1, 0.15) is 42.1 Å². The Labute approximate surface area is 235 Å². The summed E-state index contributed by atoms with van der Waals surface area (Å²) < 4.78 is 37.7. The molecule has 16 heteroatoms. The first kappa shape index (κ1) is 28.9. The molecule has 1 saturated heterocycles. The molecule has 3 unspecified atom stereocenters. The fourth-order valence-corrected chi connectivity index (χ4v) is 6.38. The highest BCUT2D eigenvalue weighted by Crippen LogP contribution is 2.47. The van der Waals surface area contributed by atoms with E-state index in [9.17, 15) is 19.6 Å². The molecule has 2 aliphatic rings. The summed E-state index contributed by atoms with van der Waals surface area (Å²) in [4.78, 5) is 21.0. The van der Waals surface area contributed by atoms with Gasteiger partial charge in [-0.25, -0.2) is 19.5 Å². The van der Waals surface area contributed by atoms with Gasteiger partial charge in [0.15, 0.2) is 17.9 Å². The van der Waals surface area contributed by atoms with Crippen molar-refractivity contribution in [2.24, 2.45) is 16.8 Å². The number of para-hydroxylation sites is 1. The number of methoxy groups -OCH3 is 1. The third-order valence-corrected chi connectivity index (χ3v) is 8.37. The zero-order valence-electron chi connectivity index (χ0n) is 22.8. The van der Waals surface area contributed by atoms with Gasteiger partial charge >= 0.3 is 13.7 Å². The molecular formula is C25H32N7O8P. The van der Waals surface area contributed by atoms with Crippen LogP contribution in [0.4, 0.5) is 5.82 Å². The third kappa shape index (κ3) is 5.52. The molecular weight excluding hydrogens is 557 g/mol. The summed E-state index contributed by atoms with van der Waals surface area (Å²) in [6.45, 7) is 3.02. The highest BCUT2D eigenvalue weighted by atomic mass is 31.2. The molecule has 15 nitrogen and oxygen atoms in total. The molecule has 0 radical (unpaired) electrons. The maximum absolute atomic E-state index is 13.9. The van der Waals surface area contributed by atoms with Crippen molar-refractivity contribution in [2.75, 3.05) is 25.8 Å². The predicted molar refractivity (Wildman–Crippen MR) is 147 cm³/mol. The summed E-state index contributed by atoms with van der Waals surface area (Å²) in [5.74, 6) is -0.0317. The van der Waals surface area contributed by atoms with E-state index in [1.165, 1.54) is 23.0 Å². The molecule has 0 amide bonds. The van der Waals surface area contributed by atoms with Crippen molar-refractivity contribution >= 4 is 36.4 Å². The van der Waals surface area contributed by atoms with Gasteiger partial charge in [-0.15, -0.1) is 0 Å². The van der Waals surface area contributed by atoms with Gasteiger partial charge in [0.2, 0.25) is 0 Å². The molecule has 4 heterocycles. The molecule has 1 aromatic carbocycles. The standard InChI is InChI=1S/C25H32N7O8P/c1-13(2)18(25(35)37-4)30-41(36,40-14-8-6-5-7-9-14)38-11-16-19(33)20(34)24(39-16)32-10-15-17-22(27-12-28-23(17)32)31(3)29-21(15)26/h5-10,12-13,16,18-20,24,33-34H,11H2,1-4H3,(H2,26,29)(H,30,36)/t16-,18?,19?,20+,24-,41?/m1/s1. The van der Waals surface area contributed by atoms with E-state index in [1.807, 2.05) is 0 Å². The Bertz CT molecular complexity index is 1500. The average Bonchev–Trinajstić information content (AvgIpc) is 3.47. The second kappa shape index (κ2) is 11.4. The van der Waals surface area contributed by atoms with Crippen LogP contribution < -0.4 is 20.4 Å². The minimum Gasteiger partial charge on any atom is -0.468 e. The number of rotatable bonds is 10. The maximum Gasteiger partial charge on any atom is 0.459 e. The predicted octanol–water partition coefficient (Wildman–Crippen LogP) is 1.11. The quantitative estimate of drug-likeness (QED) is 0.194. The van der Waals surface area contributed by atoms with Crippen LogP contribution in [0.1, 0.15) is 25.6 Å². The highest BCUT2D eigenvalue weighted by Gasteiger charge is 2.46. The molecule has 5 N–H and O–H groups in total. The van der Waals surface area contributed by atoms with Crippen molar-refractivity contribution < 1.29 is 38.1 Å². The van der Waals surface area contributed by atoms with Crippen LogP contribution in [0.3, 0.4) is 0 Å². The number of nitrogens with zero attached hydrogens (tertiary/aromatic N) is 5. The number of benzene rings is 1. The zero-order chi connectivity index (χ0) is 29.5. The zero-order valence-corrected chi connectivity index (χ0v) is 23.7. The Morgan fingerprint density at radius 2 is 1.95 bits per heavy atom. The molecule has 0 bridgehead atoms. The molecule has 3 aromatic rings. The van der Waals surface area contributed by atoms with Crippen molar-refractivity contribution in [2.45, 2.75) is 44.4 Å². The lowest BCUT2D eigenvalue weighted by Crippen LogP contribution is -2.42. The summed E-state index contributed by atoms with van der Waals surface area (Å²) >= 11 is 0. The largest absolute Gasteiger partial charge is 0.468 e. The van der Waals surface area contributed by atoms with E-state index in [4.69, 9.17) is 24.3 Å². The van der Waals surface area contributed by atoms with E-state index in [2.05, 4.69) is 20.2 Å². The van der Waals surface area contributed by atoms with E-state index >= 15 is 0 Å². The van der Waals surface area contributed by atoms with E-state index in [1.54, 1.807) is 57.4 Å². The Kier molecular flexibility index (Phi) is 8.01. The minimum atomic E-state index is -4.25. The average molecular weight is 590 g/mol. The molecule has 2 aromatic heterocycles. The number of aromatic nitrogens is 3. The number of carbonyl (C=O) groups is 1. The van der Waals surface area contributed by atoms with Gasteiger partial charge in [0.05, 0.1) is 19.1 Å². The summed E-state index contributed by atoms with van der Waals surface area (Å²) in [5, 5.41) is 30.9. The summed E-state index contributed by atoms with van der Waals surface area (Å²) in [5.41, 5.74) is 7.08. The molecule has 41 heavy (non-hydrogen) atoms. The van der Waals surface area contributed by atoms with E-state index in [0.29, 0.717) is 22.4 Å². The first-order chi connectivity index (χ1) is 19.5. The molecule has 220 valence electrons. The van der Waals surface area contributed by atoms with Crippen LogP contribution in [0.15, 0.2) is 48.0 Å². The number of esters is 1. The Morgan fingerprint density at radius 3 is 2.63 bits per heavy atom. The van der Waals surface area contributed by atoms with Crippen LogP contribution in [-0.4, -0.2) is 81.7 Å². The lowest BCUT2D eigenvalue weighted by Gasteiger charge is -2.27. The van der Waals surface area contributed by atoms with Gasteiger partial charge in [-0.1, -0.05) is 32.0 Å². The van der Waals surface area contributed by atoms with Gasteiger partial charge in [-0.3, -0.25) is 9.32 Å². The first-order valence-corrected chi connectivity index (χ1v) is 14.4. The van der Waals surface area contributed by atoms with Gasteiger partial charge < -0.3 is 34.5 Å². The molecule has 6 atom stereocenters. The van der Waals surface area contributed by atoms with Crippen LogP contribution >= 0.6 is 7.75 Å². The molecule has 1 fully saturated rings. The van der Waals surface area contributed by atoms with Gasteiger partial charge in [-0.05, 0) is 18.1 Å². The number of hydrazone groups is 1. The Morgan fingerprint density at radius 1 is 1.22 bits per heavy atom. The molecule has 2 aliphatic heterocycles. The summed E-state index contributed by atoms with van der Waals surface area (Å²) in [7, 11) is -1.34. The van der Waals surface area contributed by atoms with Crippen molar-refractivity contribution in [3.63, 3.8) is 0 Å². The van der Waals surface area contributed by atoms with Crippen molar-refractivity contribution in [3.05, 3.63) is 48.4 Å². The smallest absolute Gasteiger partial charge is 0.459 e. The van der Waals surface area contributed by atoms with Crippen molar-refractivity contribution in [1.29, 1.82) is 0 Å². The number of anilines is 1. The van der Waals surface area contributed by atoms with E-state index in [-0.39, 0.29) is 17.5 Å². The lowest BCUT2D eigenvalue weighted by molar-refractivity contribution is -0.143. The van der Waals surface area contributed by atoms with Crippen LogP contribution in [0, 0.1) is 5.92 Å². The lowest BCUT2D eigenvalue weighted by atomic mass is 10.1. The number of carbonyl (C=O) groups excluding carboxylic acids is 1. The number of nitrogens with one attached hydrogen (secondary N) is 1. The second-order valence-electron chi connectivity index (χ2n) is 9.97. The highest BCUT2D eigenvalue weighted by molar-refractivity contribution is 7.52. The molecule has 0 spiro atoms. The number of amidine groups is 1. The Hall–Kier alpha value is -3.59. The number of nitrogens with two attached hydrogens (primary N) is 1. The second-order valence-corrected chi connectivity index (χ2v) is 11.7. The van der Waals surface area contributed by atoms with Crippen molar-refractivity contribution in [3.8, 4) is 5.75 Å². The van der Waals surface area contributed by atoms with Gasteiger partial charge in [0, 0.05) is 18.8 Å². The van der Waals surface area contributed by atoms with Gasteiger partial charge in [-0.2, -0.15) is 10.2 Å². The Balaban J connectivity index is 1.39. The number of hydrogen-bond donors (Lipinski definition) is 4. The summed E-state index contributed by atoms with van der Waals surface area (Å²) in [6.07, 6.45) is -2.13. The maximum atomic E-state index is 13.9. The first-order valence-electron chi connectivity index (χ1n) is 12.8. The number of hydrogen-bond acceptors (Lipinski definition) is 13. The van der Waals surface area contributed by atoms with Crippen LogP contribution in [0.25, 0.3) is 11.0 Å². The number of ether oxygens (including phenoxy) is 2. The fourth-order valence-electron chi connectivity index (χ4n) is 4.71. The normalized spacial score (nSPS) is 24.3. The van der Waals surface area contributed by atoms with Crippen LogP contribution in [0.5, 0.6) is 5.75 Å². The summed E-state index contributed by atoms with van der Waals surface area (Å²) in [6, 6.07) is 7.24. The molecule has 0 saturated carbocycles.